The SMILES string of the molecule is FC1(F)Oc2ccc(Br)c(-c3ccccc3I)c2O1. The Labute approximate surface area is 130 Å². The summed E-state index contributed by atoms with van der Waals surface area (Å²) < 4.78 is 37.1. The monoisotopic (exact) mass is 438 g/mol. The van der Waals surface area contributed by atoms with Crippen LogP contribution < -0.4 is 9.47 Å². The maximum atomic E-state index is 13.2. The van der Waals surface area contributed by atoms with Gasteiger partial charge in [-0.1, -0.05) is 34.1 Å². The maximum absolute atomic E-state index is 13.2. The standard InChI is InChI=1S/C13H6BrF2IO2/c14-8-5-6-10-12(19-13(15,16)18-10)11(8)7-3-1-2-4-9(7)17/h1-6H. The highest BCUT2D eigenvalue weighted by atomic mass is 127. The summed E-state index contributed by atoms with van der Waals surface area (Å²) in [5.74, 6) is 0.103. The summed E-state index contributed by atoms with van der Waals surface area (Å²) in [5, 5.41) is 0. The van der Waals surface area contributed by atoms with E-state index in [2.05, 4.69) is 48.0 Å². The summed E-state index contributed by atoms with van der Waals surface area (Å²) in [6.07, 6.45) is -3.61. The number of alkyl halides is 2. The molecule has 1 heterocycles. The van der Waals surface area contributed by atoms with E-state index in [4.69, 9.17) is 0 Å². The zero-order valence-corrected chi connectivity index (χ0v) is 13.0. The smallest absolute Gasteiger partial charge is 0.395 e. The van der Waals surface area contributed by atoms with Crippen LogP contribution in [-0.2, 0) is 0 Å². The minimum absolute atomic E-state index is 0.0443. The van der Waals surface area contributed by atoms with Crippen molar-refractivity contribution in [2.24, 2.45) is 0 Å². The lowest BCUT2D eigenvalue weighted by Crippen LogP contribution is -2.26. The van der Waals surface area contributed by atoms with E-state index in [1.54, 1.807) is 6.07 Å². The number of hydrogen-bond acceptors (Lipinski definition) is 2. The largest absolute Gasteiger partial charge is 0.586 e. The average molecular weight is 439 g/mol. The van der Waals surface area contributed by atoms with Gasteiger partial charge in [-0.2, -0.15) is 0 Å². The number of fused-ring (bicyclic) bond motifs is 1. The van der Waals surface area contributed by atoms with E-state index in [1.807, 2.05) is 24.3 Å². The van der Waals surface area contributed by atoms with E-state index in [0.717, 1.165) is 9.13 Å². The molecule has 0 saturated carbocycles. The first-order chi connectivity index (χ1) is 8.98. The number of halogens is 4. The van der Waals surface area contributed by atoms with Crippen molar-refractivity contribution in [2.45, 2.75) is 6.29 Å². The third kappa shape index (κ3) is 2.31. The molecule has 19 heavy (non-hydrogen) atoms. The van der Waals surface area contributed by atoms with Gasteiger partial charge in [0, 0.05) is 13.6 Å². The van der Waals surface area contributed by atoms with Gasteiger partial charge < -0.3 is 9.47 Å². The summed E-state index contributed by atoms with van der Waals surface area (Å²) in [4.78, 5) is 0. The third-order valence-electron chi connectivity index (χ3n) is 2.66. The first kappa shape index (κ1) is 13.1. The lowest BCUT2D eigenvalue weighted by Gasteiger charge is -2.10. The lowest BCUT2D eigenvalue weighted by atomic mass is 10.0. The Morgan fingerprint density at radius 3 is 2.53 bits per heavy atom. The molecule has 3 rings (SSSR count). The molecule has 2 aromatic carbocycles. The van der Waals surface area contributed by atoms with Crippen molar-refractivity contribution >= 4 is 38.5 Å². The summed E-state index contributed by atoms with van der Waals surface area (Å²) in [5.41, 5.74) is 1.38. The molecule has 1 aliphatic rings. The van der Waals surface area contributed by atoms with Gasteiger partial charge in [-0.3, -0.25) is 0 Å². The minimum atomic E-state index is -3.61. The molecule has 2 aromatic rings. The van der Waals surface area contributed by atoms with Gasteiger partial charge in [0.1, 0.15) is 0 Å². The Hall–Kier alpha value is -0.890. The molecule has 0 spiro atoms. The van der Waals surface area contributed by atoms with Crippen LogP contribution in [0.3, 0.4) is 0 Å². The maximum Gasteiger partial charge on any atom is 0.586 e. The predicted molar refractivity (Wildman–Crippen MR) is 78.5 cm³/mol. The van der Waals surface area contributed by atoms with E-state index < -0.39 is 6.29 Å². The summed E-state index contributed by atoms with van der Waals surface area (Å²) >= 11 is 5.52. The molecule has 0 amide bonds. The van der Waals surface area contributed by atoms with Crippen molar-refractivity contribution in [3.05, 3.63) is 44.4 Å². The Morgan fingerprint density at radius 2 is 1.79 bits per heavy atom. The normalized spacial score (nSPS) is 15.6. The molecule has 98 valence electrons. The fraction of sp³-hybridized carbons (Fsp3) is 0.0769. The number of benzene rings is 2. The second kappa shape index (κ2) is 4.59. The predicted octanol–water partition coefficient (Wildman–Crippen LogP) is 5.04. The molecule has 0 aromatic heterocycles. The molecule has 0 saturated heterocycles. The van der Waals surface area contributed by atoms with Crippen molar-refractivity contribution < 1.29 is 18.3 Å². The molecule has 0 fully saturated rings. The van der Waals surface area contributed by atoms with Crippen LogP contribution in [0.2, 0.25) is 0 Å². The summed E-state index contributed by atoms with van der Waals surface area (Å²) in [7, 11) is 0. The fourth-order valence-corrected chi connectivity index (χ4v) is 3.09. The zero-order chi connectivity index (χ0) is 13.6. The van der Waals surface area contributed by atoms with Crippen molar-refractivity contribution in [1.82, 2.24) is 0 Å². The third-order valence-corrected chi connectivity index (χ3v) is 4.27. The molecule has 6 heteroatoms. The van der Waals surface area contributed by atoms with Gasteiger partial charge in [-0.25, -0.2) is 0 Å². The fourth-order valence-electron chi connectivity index (χ4n) is 1.90. The van der Waals surface area contributed by atoms with Gasteiger partial charge in [0.25, 0.3) is 0 Å². The molecule has 0 unspecified atom stereocenters. The number of ether oxygens (including phenoxy) is 2. The lowest BCUT2D eigenvalue weighted by molar-refractivity contribution is -0.286. The summed E-state index contributed by atoms with van der Waals surface area (Å²) in [6, 6.07) is 10.6. The highest BCUT2D eigenvalue weighted by Gasteiger charge is 2.45. The van der Waals surface area contributed by atoms with Crippen molar-refractivity contribution in [1.29, 1.82) is 0 Å². The van der Waals surface area contributed by atoms with Crippen LogP contribution in [0.25, 0.3) is 11.1 Å². The van der Waals surface area contributed by atoms with Gasteiger partial charge >= 0.3 is 6.29 Å². The first-order valence-electron chi connectivity index (χ1n) is 5.31. The molecular formula is C13H6BrF2IO2. The Balaban J connectivity index is 2.24. The molecular weight excluding hydrogens is 433 g/mol. The van der Waals surface area contributed by atoms with E-state index >= 15 is 0 Å². The molecule has 0 N–H and O–H groups in total. The van der Waals surface area contributed by atoms with Crippen LogP contribution in [0.1, 0.15) is 0 Å². The Bertz CT molecular complexity index is 661. The van der Waals surface area contributed by atoms with Crippen LogP contribution in [0, 0.1) is 3.57 Å². The molecule has 0 bridgehead atoms. The van der Waals surface area contributed by atoms with E-state index in [0.29, 0.717) is 10.0 Å². The van der Waals surface area contributed by atoms with Crippen LogP contribution in [0.15, 0.2) is 40.9 Å². The first-order valence-corrected chi connectivity index (χ1v) is 7.18. The van der Waals surface area contributed by atoms with Crippen LogP contribution >= 0.6 is 38.5 Å². The zero-order valence-electron chi connectivity index (χ0n) is 9.29. The Morgan fingerprint density at radius 1 is 1.05 bits per heavy atom. The quantitative estimate of drug-likeness (QED) is 0.580. The highest BCUT2D eigenvalue weighted by Crippen LogP contribution is 2.50. The molecule has 0 aliphatic carbocycles. The van der Waals surface area contributed by atoms with Crippen molar-refractivity contribution in [3.63, 3.8) is 0 Å². The van der Waals surface area contributed by atoms with Gasteiger partial charge in [-0.05, 0) is 46.4 Å². The highest BCUT2D eigenvalue weighted by molar-refractivity contribution is 14.1. The van der Waals surface area contributed by atoms with Crippen molar-refractivity contribution in [3.8, 4) is 22.6 Å². The van der Waals surface area contributed by atoms with Crippen LogP contribution in [0.4, 0.5) is 8.78 Å². The average Bonchev–Trinajstić information content (AvgIpc) is 2.65. The number of rotatable bonds is 1. The molecule has 0 atom stereocenters. The van der Waals surface area contributed by atoms with E-state index in [-0.39, 0.29) is 11.5 Å². The van der Waals surface area contributed by atoms with Crippen LogP contribution in [-0.4, -0.2) is 6.29 Å². The van der Waals surface area contributed by atoms with Gasteiger partial charge in [-0.15, -0.1) is 8.78 Å². The topological polar surface area (TPSA) is 18.5 Å². The molecule has 0 radical (unpaired) electrons. The second-order valence-electron chi connectivity index (χ2n) is 3.90. The van der Waals surface area contributed by atoms with E-state index in [1.165, 1.54) is 6.07 Å². The molecule has 1 aliphatic heterocycles. The van der Waals surface area contributed by atoms with Gasteiger partial charge in [0.05, 0.1) is 0 Å². The van der Waals surface area contributed by atoms with Crippen molar-refractivity contribution in [2.75, 3.05) is 0 Å². The van der Waals surface area contributed by atoms with Gasteiger partial charge in [0.15, 0.2) is 11.5 Å². The number of hydrogen-bond donors (Lipinski definition) is 0. The van der Waals surface area contributed by atoms with E-state index in [9.17, 15) is 8.78 Å². The minimum Gasteiger partial charge on any atom is -0.395 e. The second-order valence-corrected chi connectivity index (χ2v) is 5.91. The van der Waals surface area contributed by atoms with Gasteiger partial charge in [0.2, 0.25) is 0 Å². The van der Waals surface area contributed by atoms with Crippen LogP contribution in [0.5, 0.6) is 11.5 Å². The molecule has 2 nitrogen and oxygen atoms in total. The Kier molecular flexibility index (Phi) is 3.17. The summed E-state index contributed by atoms with van der Waals surface area (Å²) in [6.45, 7) is 0.